The largest absolute Gasteiger partial charge is 0.503 e. The van der Waals surface area contributed by atoms with Crippen molar-refractivity contribution in [1.29, 1.82) is 0 Å². The first kappa shape index (κ1) is 25.7. The van der Waals surface area contributed by atoms with Crippen molar-refractivity contribution < 1.29 is 24.2 Å². The van der Waals surface area contributed by atoms with Crippen LogP contribution >= 0.6 is 11.3 Å². The molecule has 2 aromatic carbocycles. The molecule has 1 aliphatic rings. The predicted octanol–water partition coefficient (Wildman–Crippen LogP) is 6.26. The van der Waals surface area contributed by atoms with E-state index in [0.717, 1.165) is 11.1 Å². The quantitative estimate of drug-likeness (QED) is 0.329. The Kier molecular flexibility index (Phi) is 7.91. The van der Waals surface area contributed by atoms with Gasteiger partial charge in [-0.2, -0.15) is 0 Å². The molecular weight excluding hydrogens is 474 g/mol. The third-order valence-corrected chi connectivity index (χ3v) is 6.93. The molecule has 1 N–H and O–H groups in total. The van der Waals surface area contributed by atoms with Crippen LogP contribution in [0.3, 0.4) is 0 Å². The number of carbonyl (C=O) groups is 2. The molecule has 0 spiro atoms. The van der Waals surface area contributed by atoms with Gasteiger partial charge < -0.3 is 14.6 Å². The fraction of sp³-hybridized carbons (Fsp3) is 0.310. The third-order valence-electron chi connectivity index (χ3n) is 6.07. The van der Waals surface area contributed by atoms with Crippen LogP contribution in [0.5, 0.6) is 5.75 Å². The van der Waals surface area contributed by atoms with Crippen molar-refractivity contribution in [2.45, 2.75) is 33.2 Å². The van der Waals surface area contributed by atoms with E-state index in [4.69, 9.17) is 9.47 Å². The fourth-order valence-electron chi connectivity index (χ4n) is 4.41. The maximum Gasteiger partial charge on any atom is 0.294 e. The number of thiophene rings is 1. The number of rotatable bonds is 10. The van der Waals surface area contributed by atoms with E-state index in [9.17, 15) is 14.7 Å². The summed E-state index contributed by atoms with van der Waals surface area (Å²) in [7, 11) is 1.59. The molecule has 0 saturated carbocycles. The van der Waals surface area contributed by atoms with Crippen LogP contribution in [0.4, 0.5) is 5.69 Å². The molecule has 0 bridgehead atoms. The van der Waals surface area contributed by atoms with Crippen LogP contribution in [0.1, 0.15) is 36.8 Å². The summed E-state index contributed by atoms with van der Waals surface area (Å²) in [5.74, 6) is -0.746. The number of amides is 1. The van der Waals surface area contributed by atoms with E-state index in [0.29, 0.717) is 30.2 Å². The topological polar surface area (TPSA) is 76.1 Å². The lowest BCUT2D eigenvalue weighted by atomic mass is 9.91. The molecule has 0 radical (unpaired) electrons. The number of ether oxygens (including phenoxy) is 2. The number of nitrogens with zero attached hydrogens (tertiary/aromatic N) is 1. The maximum atomic E-state index is 13.4. The van der Waals surface area contributed by atoms with E-state index in [2.05, 4.69) is 18.4 Å². The minimum atomic E-state index is -0.809. The molecule has 1 aromatic heterocycles. The van der Waals surface area contributed by atoms with E-state index >= 15 is 0 Å². The second kappa shape index (κ2) is 11.1. The van der Waals surface area contributed by atoms with Gasteiger partial charge in [-0.25, -0.2) is 0 Å². The number of ketones is 1. The summed E-state index contributed by atoms with van der Waals surface area (Å²) in [6.45, 7) is 6.64. The first-order valence-corrected chi connectivity index (χ1v) is 12.9. The lowest BCUT2D eigenvalue weighted by Gasteiger charge is -2.28. The molecule has 7 heteroatoms. The normalized spacial score (nSPS) is 15.8. The molecule has 2 heterocycles. The fourth-order valence-corrected chi connectivity index (χ4v) is 5.13. The second-order valence-electron chi connectivity index (χ2n) is 9.23. The Morgan fingerprint density at radius 3 is 2.44 bits per heavy atom. The molecule has 1 unspecified atom stereocenters. The number of benzene rings is 2. The number of aliphatic hydroxyl groups excluding tert-OH is 1. The monoisotopic (exact) mass is 505 g/mol. The van der Waals surface area contributed by atoms with Crippen molar-refractivity contribution in [3.8, 4) is 16.9 Å². The van der Waals surface area contributed by atoms with Gasteiger partial charge in [-0.3, -0.25) is 14.5 Å². The van der Waals surface area contributed by atoms with E-state index in [1.807, 2.05) is 56.3 Å². The number of aryl methyl sites for hydroxylation is 1. The Morgan fingerprint density at radius 1 is 1.08 bits per heavy atom. The number of para-hydroxylation sites is 1. The van der Waals surface area contributed by atoms with Crippen molar-refractivity contribution in [3.05, 3.63) is 81.8 Å². The van der Waals surface area contributed by atoms with E-state index in [-0.39, 0.29) is 23.7 Å². The molecular formula is C29H31NO5S. The summed E-state index contributed by atoms with van der Waals surface area (Å²) < 4.78 is 11.1. The summed E-state index contributed by atoms with van der Waals surface area (Å²) in [6.07, 6.45) is 0.222. The highest BCUT2D eigenvalue weighted by Crippen LogP contribution is 2.44. The first-order valence-electron chi connectivity index (χ1n) is 12.0. The van der Waals surface area contributed by atoms with Crippen molar-refractivity contribution in [2.24, 2.45) is 5.92 Å². The zero-order valence-electron chi connectivity index (χ0n) is 21.0. The molecule has 3 aromatic rings. The van der Waals surface area contributed by atoms with Crippen molar-refractivity contribution in [1.82, 2.24) is 0 Å². The Balaban J connectivity index is 1.78. The summed E-state index contributed by atoms with van der Waals surface area (Å²) in [5, 5.41) is 13.0. The van der Waals surface area contributed by atoms with Crippen LogP contribution < -0.4 is 9.64 Å². The first-order chi connectivity index (χ1) is 17.3. The molecule has 4 rings (SSSR count). The summed E-state index contributed by atoms with van der Waals surface area (Å²) in [6, 6.07) is 16.2. The van der Waals surface area contributed by atoms with Gasteiger partial charge >= 0.3 is 0 Å². The zero-order chi connectivity index (χ0) is 25.8. The second-order valence-corrected chi connectivity index (χ2v) is 10.3. The Hall–Kier alpha value is -3.42. The Morgan fingerprint density at radius 2 is 1.81 bits per heavy atom. The van der Waals surface area contributed by atoms with Gasteiger partial charge in [-0.15, -0.1) is 11.3 Å². The van der Waals surface area contributed by atoms with Crippen LogP contribution in [0, 0.1) is 12.8 Å². The SMILES string of the molecule is COCCOc1ccccc1C1C(C(=O)CC(C)C)=C(O)C(=O)N1c1ccc(-c2csc(C)c2)cc1. The van der Waals surface area contributed by atoms with Crippen LogP contribution in [0.25, 0.3) is 11.1 Å². The van der Waals surface area contributed by atoms with Crippen LogP contribution in [-0.4, -0.2) is 37.1 Å². The minimum absolute atomic E-state index is 0.0733. The lowest BCUT2D eigenvalue weighted by molar-refractivity contribution is -0.118. The van der Waals surface area contributed by atoms with Gasteiger partial charge in [0.1, 0.15) is 12.4 Å². The number of anilines is 1. The molecule has 1 aliphatic heterocycles. The van der Waals surface area contributed by atoms with Gasteiger partial charge in [0, 0.05) is 29.7 Å². The molecule has 188 valence electrons. The van der Waals surface area contributed by atoms with E-state index in [1.54, 1.807) is 24.5 Å². The average molecular weight is 506 g/mol. The average Bonchev–Trinajstić information content (AvgIpc) is 3.40. The molecule has 36 heavy (non-hydrogen) atoms. The molecule has 6 nitrogen and oxygen atoms in total. The van der Waals surface area contributed by atoms with Crippen LogP contribution in [0.15, 0.2) is 71.3 Å². The van der Waals surface area contributed by atoms with Gasteiger partial charge in [0.25, 0.3) is 5.91 Å². The maximum absolute atomic E-state index is 13.4. The summed E-state index contributed by atoms with van der Waals surface area (Å²) >= 11 is 1.68. The summed E-state index contributed by atoms with van der Waals surface area (Å²) in [4.78, 5) is 29.5. The van der Waals surface area contributed by atoms with Crippen LogP contribution in [-0.2, 0) is 14.3 Å². The van der Waals surface area contributed by atoms with E-state index < -0.39 is 17.7 Å². The number of aliphatic hydroxyl groups is 1. The number of hydrogen-bond donors (Lipinski definition) is 1. The Labute approximate surface area is 215 Å². The van der Waals surface area contributed by atoms with Crippen molar-refractivity contribution in [3.63, 3.8) is 0 Å². The van der Waals surface area contributed by atoms with Gasteiger partial charge in [0.15, 0.2) is 11.5 Å². The van der Waals surface area contributed by atoms with Crippen LogP contribution in [0.2, 0.25) is 0 Å². The van der Waals surface area contributed by atoms with Gasteiger partial charge in [0.2, 0.25) is 0 Å². The molecule has 1 atom stereocenters. The predicted molar refractivity (Wildman–Crippen MR) is 143 cm³/mol. The van der Waals surface area contributed by atoms with Gasteiger partial charge in [-0.05, 0) is 53.6 Å². The molecule has 0 saturated heterocycles. The smallest absolute Gasteiger partial charge is 0.294 e. The molecule has 1 amide bonds. The minimum Gasteiger partial charge on any atom is -0.503 e. The highest BCUT2D eigenvalue weighted by atomic mass is 32.1. The number of carbonyl (C=O) groups excluding carboxylic acids is 2. The number of methoxy groups -OCH3 is 1. The van der Waals surface area contributed by atoms with Gasteiger partial charge in [-0.1, -0.05) is 44.2 Å². The third kappa shape index (κ3) is 5.22. The van der Waals surface area contributed by atoms with E-state index in [1.165, 1.54) is 9.78 Å². The summed E-state index contributed by atoms with van der Waals surface area (Å²) in [5.41, 5.74) is 3.47. The molecule has 0 aliphatic carbocycles. The lowest BCUT2D eigenvalue weighted by Crippen LogP contribution is -2.31. The standard InChI is InChI=1S/C29H31NO5S/c1-18(2)15-24(31)26-27(23-7-5-6-8-25(23)35-14-13-34-4)30(29(33)28(26)32)22-11-9-20(10-12-22)21-16-19(3)36-17-21/h5-12,16-18,27,32H,13-15H2,1-4H3. The van der Waals surface area contributed by atoms with Gasteiger partial charge in [0.05, 0.1) is 18.2 Å². The Bertz CT molecular complexity index is 1270. The van der Waals surface area contributed by atoms with Crippen molar-refractivity contribution >= 4 is 28.7 Å². The molecule has 0 fully saturated rings. The highest BCUT2D eigenvalue weighted by molar-refractivity contribution is 7.10. The number of hydrogen-bond acceptors (Lipinski definition) is 6. The zero-order valence-corrected chi connectivity index (χ0v) is 21.8. The van der Waals surface area contributed by atoms with Crippen molar-refractivity contribution in [2.75, 3.05) is 25.2 Å². The number of Topliss-reactive ketones (excluding diaryl/α,β-unsaturated/α-hetero) is 1. The highest BCUT2D eigenvalue weighted by Gasteiger charge is 2.45.